The summed E-state index contributed by atoms with van der Waals surface area (Å²) in [5.74, 6) is -0.243. The van der Waals surface area contributed by atoms with E-state index in [0.717, 1.165) is 0 Å². The van der Waals surface area contributed by atoms with Crippen LogP contribution in [0.25, 0.3) is 0 Å². The largest absolute Gasteiger partial charge is 0.399 e. The number of nitrogens with zero attached hydrogens (tertiary/aromatic N) is 2. The van der Waals surface area contributed by atoms with Gasteiger partial charge in [0.1, 0.15) is 0 Å². The lowest BCUT2D eigenvalue weighted by atomic mass is 10.7. The highest BCUT2D eigenvalue weighted by Gasteiger charge is 1.97. The molecule has 5 heteroatoms. The zero-order valence-electron chi connectivity index (χ0n) is 4.71. The second kappa shape index (κ2) is 2.25. The molecule has 1 amide bonds. The Hall–Kier alpha value is -1.39. The van der Waals surface area contributed by atoms with Crippen LogP contribution in [0.15, 0.2) is 4.42 Å². The molecular formula is C4H4N3O2. The minimum atomic E-state index is -0.243. The standard InChI is InChI=1S/C4H4N3O2/c1-3(8)6-4-7-5-2-9-4/h1H3,(H,6,7,8). The third-order valence-electron chi connectivity index (χ3n) is 0.607. The van der Waals surface area contributed by atoms with Crippen molar-refractivity contribution >= 4 is 11.9 Å². The topological polar surface area (TPSA) is 68.0 Å². The van der Waals surface area contributed by atoms with E-state index < -0.39 is 0 Å². The highest BCUT2D eigenvalue weighted by Crippen LogP contribution is 1.95. The summed E-state index contributed by atoms with van der Waals surface area (Å²) in [6.07, 6.45) is 2.08. The van der Waals surface area contributed by atoms with Crippen molar-refractivity contribution in [1.82, 2.24) is 10.2 Å². The Labute approximate surface area is 51.1 Å². The van der Waals surface area contributed by atoms with Crippen molar-refractivity contribution in [2.45, 2.75) is 6.92 Å². The van der Waals surface area contributed by atoms with Crippen LogP contribution in [0.4, 0.5) is 6.01 Å². The zero-order valence-corrected chi connectivity index (χ0v) is 4.71. The molecule has 0 aliphatic heterocycles. The van der Waals surface area contributed by atoms with Crippen LogP contribution in [0.1, 0.15) is 6.92 Å². The van der Waals surface area contributed by atoms with Gasteiger partial charge in [0.05, 0.1) is 0 Å². The number of carbonyl (C=O) groups excluding carboxylic acids is 1. The monoisotopic (exact) mass is 126 g/mol. The number of amides is 1. The molecule has 0 unspecified atom stereocenters. The summed E-state index contributed by atoms with van der Waals surface area (Å²) in [4.78, 5) is 10.3. The number of nitrogens with one attached hydrogen (secondary N) is 1. The lowest BCUT2D eigenvalue weighted by molar-refractivity contribution is -0.114. The van der Waals surface area contributed by atoms with Crippen molar-refractivity contribution in [3.63, 3.8) is 0 Å². The lowest BCUT2D eigenvalue weighted by Gasteiger charge is -1.88. The maximum atomic E-state index is 10.3. The molecular weight excluding hydrogens is 122 g/mol. The maximum Gasteiger partial charge on any atom is 0.322 e. The van der Waals surface area contributed by atoms with Crippen LogP contribution >= 0.6 is 0 Å². The van der Waals surface area contributed by atoms with Gasteiger partial charge in [-0.2, -0.15) is 0 Å². The average Bonchev–Trinajstić information content (AvgIpc) is 2.15. The molecule has 0 atom stereocenters. The van der Waals surface area contributed by atoms with Crippen molar-refractivity contribution < 1.29 is 9.21 Å². The summed E-state index contributed by atoms with van der Waals surface area (Å²) >= 11 is 0. The molecule has 1 aromatic rings. The van der Waals surface area contributed by atoms with Gasteiger partial charge < -0.3 is 4.42 Å². The molecule has 0 aromatic carbocycles. The fraction of sp³-hybridized carbons (Fsp3) is 0.250. The molecule has 1 aromatic heterocycles. The minimum absolute atomic E-state index is 0.0718. The normalized spacial score (nSPS) is 9.00. The summed E-state index contributed by atoms with van der Waals surface area (Å²) < 4.78 is 4.47. The molecule has 0 spiro atoms. The quantitative estimate of drug-likeness (QED) is 0.567. The highest BCUT2D eigenvalue weighted by molar-refractivity contribution is 5.86. The van der Waals surface area contributed by atoms with E-state index in [1.807, 2.05) is 0 Å². The van der Waals surface area contributed by atoms with Crippen molar-refractivity contribution in [3.8, 4) is 0 Å². The van der Waals surface area contributed by atoms with Crippen LogP contribution in [0.2, 0.25) is 0 Å². The predicted octanol–water partition coefficient (Wildman–Crippen LogP) is -0.172. The number of rotatable bonds is 1. The molecule has 1 heterocycles. The summed E-state index contributed by atoms with van der Waals surface area (Å²) in [5.41, 5.74) is 0. The van der Waals surface area contributed by atoms with Crippen LogP contribution in [0, 0.1) is 6.39 Å². The van der Waals surface area contributed by atoms with Crippen molar-refractivity contribution in [3.05, 3.63) is 6.39 Å². The van der Waals surface area contributed by atoms with Crippen LogP contribution in [0.3, 0.4) is 0 Å². The number of anilines is 1. The first-order chi connectivity index (χ1) is 4.29. The highest BCUT2D eigenvalue weighted by atomic mass is 16.4. The van der Waals surface area contributed by atoms with Gasteiger partial charge in [-0.25, -0.2) is 0 Å². The van der Waals surface area contributed by atoms with Gasteiger partial charge in [-0.15, -0.1) is 5.10 Å². The van der Waals surface area contributed by atoms with Gasteiger partial charge in [-0.1, -0.05) is 5.10 Å². The fourth-order valence-electron chi connectivity index (χ4n) is 0.351. The van der Waals surface area contributed by atoms with Gasteiger partial charge in [-0.3, -0.25) is 10.1 Å². The summed E-state index contributed by atoms with van der Waals surface area (Å²) in [6, 6.07) is 0.0718. The minimum Gasteiger partial charge on any atom is -0.399 e. The number of hydrogen-bond acceptors (Lipinski definition) is 4. The summed E-state index contributed by atoms with van der Waals surface area (Å²) in [6.45, 7) is 1.35. The second-order valence-corrected chi connectivity index (χ2v) is 1.38. The Morgan fingerprint density at radius 3 is 3.11 bits per heavy atom. The van der Waals surface area contributed by atoms with Gasteiger partial charge >= 0.3 is 12.4 Å². The van der Waals surface area contributed by atoms with E-state index in [1.165, 1.54) is 6.92 Å². The van der Waals surface area contributed by atoms with Crippen LogP contribution in [-0.4, -0.2) is 16.1 Å². The molecule has 1 rings (SSSR count). The van der Waals surface area contributed by atoms with E-state index in [2.05, 4.69) is 26.3 Å². The molecule has 0 saturated carbocycles. The van der Waals surface area contributed by atoms with E-state index in [9.17, 15) is 4.79 Å². The van der Waals surface area contributed by atoms with Crippen LogP contribution in [-0.2, 0) is 4.79 Å². The van der Waals surface area contributed by atoms with E-state index >= 15 is 0 Å². The molecule has 0 saturated heterocycles. The van der Waals surface area contributed by atoms with Crippen LogP contribution < -0.4 is 5.32 Å². The first kappa shape index (κ1) is 5.74. The molecule has 0 fully saturated rings. The summed E-state index contributed by atoms with van der Waals surface area (Å²) in [5, 5.41) is 8.85. The van der Waals surface area contributed by atoms with E-state index in [1.54, 1.807) is 0 Å². The van der Waals surface area contributed by atoms with Crippen LogP contribution in [0.5, 0.6) is 0 Å². The number of hydrogen-bond donors (Lipinski definition) is 1. The first-order valence-corrected chi connectivity index (χ1v) is 2.26. The van der Waals surface area contributed by atoms with Crippen molar-refractivity contribution in [2.75, 3.05) is 5.32 Å². The zero-order chi connectivity index (χ0) is 6.69. The van der Waals surface area contributed by atoms with Gasteiger partial charge in [0.25, 0.3) is 0 Å². The fourth-order valence-corrected chi connectivity index (χ4v) is 0.351. The number of aromatic nitrogens is 2. The molecule has 1 N–H and O–H groups in total. The average molecular weight is 126 g/mol. The van der Waals surface area contributed by atoms with Gasteiger partial charge in [0.2, 0.25) is 5.91 Å². The Morgan fingerprint density at radius 2 is 2.67 bits per heavy atom. The third kappa shape index (κ3) is 1.52. The Morgan fingerprint density at radius 1 is 1.89 bits per heavy atom. The Kier molecular flexibility index (Phi) is 1.44. The van der Waals surface area contributed by atoms with E-state index in [4.69, 9.17) is 0 Å². The third-order valence-corrected chi connectivity index (χ3v) is 0.607. The maximum absolute atomic E-state index is 10.3. The first-order valence-electron chi connectivity index (χ1n) is 2.26. The molecule has 47 valence electrons. The molecule has 1 radical (unpaired) electrons. The van der Waals surface area contributed by atoms with E-state index in [-0.39, 0.29) is 11.9 Å². The smallest absolute Gasteiger partial charge is 0.322 e. The molecule has 0 aliphatic carbocycles. The Bertz CT molecular complexity index is 194. The van der Waals surface area contributed by atoms with Crippen molar-refractivity contribution in [1.29, 1.82) is 0 Å². The van der Waals surface area contributed by atoms with Gasteiger partial charge in [0, 0.05) is 6.92 Å². The molecule has 0 aliphatic rings. The summed E-state index contributed by atoms with van der Waals surface area (Å²) in [7, 11) is 0. The molecule has 9 heavy (non-hydrogen) atoms. The lowest BCUT2D eigenvalue weighted by Crippen LogP contribution is -2.05. The number of carbonyl (C=O) groups is 1. The van der Waals surface area contributed by atoms with Crippen molar-refractivity contribution in [2.24, 2.45) is 0 Å². The van der Waals surface area contributed by atoms with E-state index in [0.29, 0.717) is 0 Å². The van der Waals surface area contributed by atoms with Gasteiger partial charge in [-0.05, 0) is 0 Å². The molecule has 5 nitrogen and oxygen atoms in total. The second-order valence-electron chi connectivity index (χ2n) is 1.38. The predicted molar refractivity (Wildman–Crippen MR) is 27.4 cm³/mol. The van der Waals surface area contributed by atoms with Gasteiger partial charge in [0.15, 0.2) is 0 Å². The molecule has 0 bridgehead atoms. The Balaban J connectivity index is 2.58. The SMILES string of the molecule is CC(=O)Nc1nn[c]o1.